The lowest BCUT2D eigenvalue weighted by Gasteiger charge is -2.03. The number of nitro groups is 1. The van der Waals surface area contributed by atoms with Gasteiger partial charge in [0.15, 0.2) is 0 Å². The minimum Gasteiger partial charge on any atom is -0.342 e. The van der Waals surface area contributed by atoms with Crippen molar-refractivity contribution < 1.29 is 14.5 Å². The van der Waals surface area contributed by atoms with E-state index in [9.17, 15) is 19.7 Å². The first kappa shape index (κ1) is 19.5. The molecule has 0 aliphatic carbocycles. The highest BCUT2D eigenvalue weighted by Gasteiger charge is 2.17. The zero-order valence-electron chi connectivity index (χ0n) is 14.2. The van der Waals surface area contributed by atoms with E-state index in [0.29, 0.717) is 15.5 Å². The first-order chi connectivity index (χ1) is 13.5. The number of nitro benzene ring substituents is 1. The van der Waals surface area contributed by atoms with Crippen LogP contribution in [-0.2, 0) is 4.79 Å². The van der Waals surface area contributed by atoms with Crippen LogP contribution >= 0.6 is 22.9 Å². The Balaban J connectivity index is 1.55. The van der Waals surface area contributed by atoms with Crippen molar-refractivity contribution in [2.24, 2.45) is 5.10 Å². The molecule has 0 saturated carbocycles. The lowest BCUT2D eigenvalue weighted by molar-refractivity contribution is -0.384. The van der Waals surface area contributed by atoms with Crippen molar-refractivity contribution in [3.8, 4) is 0 Å². The van der Waals surface area contributed by atoms with Crippen LogP contribution in [0.25, 0.3) is 10.1 Å². The van der Waals surface area contributed by atoms with Crippen LogP contribution in [0.15, 0.2) is 53.6 Å². The Kier molecular flexibility index (Phi) is 5.97. The minimum atomic E-state index is -0.549. The fraction of sp³-hybridized carbons (Fsp3) is 0.0556. The number of thiophene rings is 1. The van der Waals surface area contributed by atoms with Crippen LogP contribution < -0.4 is 10.7 Å². The molecule has 0 spiro atoms. The molecule has 10 heteroatoms. The van der Waals surface area contributed by atoms with Crippen molar-refractivity contribution in [2.45, 2.75) is 0 Å². The number of carbonyl (C=O) groups is 2. The van der Waals surface area contributed by atoms with Gasteiger partial charge in [-0.2, -0.15) is 5.10 Å². The van der Waals surface area contributed by atoms with E-state index >= 15 is 0 Å². The molecule has 3 rings (SSSR count). The predicted octanol–water partition coefficient (Wildman–Crippen LogP) is 3.34. The second-order valence-electron chi connectivity index (χ2n) is 5.57. The molecule has 0 radical (unpaired) electrons. The Morgan fingerprint density at radius 3 is 2.75 bits per heavy atom. The fourth-order valence-electron chi connectivity index (χ4n) is 2.34. The SMILES string of the molecule is O=C(CNC(=O)c1sc2ccccc2c1Cl)N/N=C\c1cccc([N+](=O)[O-])c1. The molecule has 3 aromatic rings. The Labute approximate surface area is 168 Å². The number of halogens is 1. The van der Waals surface area contributed by atoms with Gasteiger partial charge < -0.3 is 5.32 Å². The molecule has 142 valence electrons. The van der Waals surface area contributed by atoms with E-state index in [4.69, 9.17) is 11.6 Å². The van der Waals surface area contributed by atoms with E-state index < -0.39 is 16.7 Å². The highest BCUT2D eigenvalue weighted by molar-refractivity contribution is 7.21. The van der Waals surface area contributed by atoms with Gasteiger partial charge in [-0.1, -0.05) is 41.9 Å². The molecule has 0 fully saturated rings. The highest BCUT2D eigenvalue weighted by Crippen LogP contribution is 2.34. The summed E-state index contributed by atoms with van der Waals surface area (Å²) >= 11 is 7.47. The van der Waals surface area contributed by atoms with Gasteiger partial charge in [0.25, 0.3) is 17.5 Å². The number of nitrogens with zero attached hydrogens (tertiary/aromatic N) is 2. The molecule has 0 aliphatic heterocycles. The third-order valence-corrected chi connectivity index (χ3v) is 5.31. The molecule has 1 heterocycles. The number of hydrazone groups is 1. The zero-order chi connectivity index (χ0) is 20.1. The van der Waals surface area contributed by atoms with Crippen molar-refractivity contribution in [1.29, 1.82) is 0 Å². The van der Waals surface area contributed by atoms with Gasteiger partial charge in [0.05, 0.1) is 22.7 Å². The first-order valence-electron chi connectivity index (χ1n) is 7.97. The molecule has 0 aliphatic rings. The van der Waals surface area contributed by atoms with Crippen LogP contribution in [0.2, 0.25) is 5.02 Å². The lowest BCUT2D eigenvalue weighted by atomic mass is 10.2. The summed E-state index contributed by atoms with van der Waals surface area (Å²) in [6.45, 7) is -0.296. The van der Waals surface area contributed by atoms with Crippen molar-refractivity contribution in [3.63, 3.8) is 0 Å². The Bertz CT molecular complexity index is 1100. The summed E-state index contributed by atoms with van der Waals surface area (Å²) in [4.78, 5) is 34.6. The summed E-state index contributed by atoms with van der Waals surface area (Å²) in [6.07, 6.45) is 1.27. The van der Waals surface area contributed by atoms with Gasteiger partial charge in [-0.05, 0) is 6.07 Å². The lowest BCUT2D eigenvalue weighted by Crippen LogP contribution is -2.34. The standard InChI is InChI=1S/C18H13ClN4O4S/c19-16-13-6-1-2-7-14(13)28-17(16)18(25)20-10-15(24)22-21-9-11-4-3-5-12(8-11)23(26)27/h1-9H,10H2,(H,20,25)(H,22,24)/b21-9-. The van der Waals surface area contributed by atoms with E-state index in [0.717, 1.165) is 10.1 Å². The molecule has 1 aromatic heterocycles. The second kappa shape index (κ2) is 8.59. The third-order valence-electron chi connectivity index (χ3n) is 3.63. The van der Waals surface area contributed by atoms with Gasteiger partial charge in [0, 0.05) is 27.8 Å². The summed E-state index contributed by atoms with van der Waals surface area (Å²) in [5.41, 5.74) is 2.62. The van der Waals surface area contributed by atoms with Gasteiger partial charge in [-0.3, -0.25) is 19.7 Å². The van der Waals surface area contributed by atoms with Crippen LogP contribution in [0.5, 0.6) is 0 Å². The normalized spacial score (nSPS) is 10.9. The fourth-order valence-corrected chi connectivity index (χ4v) is 3.77. The molecule has 28 heavy (non-hydrogen) atoms. The second-order valence-corrected chi connectivity index (χ2v) is 7.00. The van der Waals surface area contributed by atoms with Gasteiger partial charge in [0.1, 0.15) is 4.88 Å². The van der Waals surface area contributed by atoms with Gasteiger partial charge >= 0.3 is 0 Å². The molecule has 2 aromatic carbocycles. The summed E-state index contributed by atoms with van der Waals surface area (Å²) in [5.74, 6) is -1.00. The predicted molar refractivity (Wildman–Crippen MR) is 108 cm³/mol. The third kappa shape index (κ3) is 4.51. The number of fused-ring (bicyclic) bond motifs is 1. The molecule has 0 atom stereocenters. The molecule has 8 nitrogen and oxygen atoms in total. The van der Waals surface area contributed by atoms with E-state index in [1.165, 1.54) is 35.8 Å². The molecule has 0 unspecified atom stereocenters. The van der Waals surface area contributed by atoms with Crippen molar-refractivity contribution in [3.05, 3.63) is 74.1 Å². The maximum absolute atomic E-state index is 12.3. The number of hydrogen-bond donors (Lipinski definition) is 2. The summed E-state index contributed by atoms with van der Waals surface area (Å²) < 4.78 is 0.878. The minimum absolute atomic E-state index is 0.0808. The van der Waals surface area contributed by atoms with E-state index in [-0.39, 0.29) is 12.2 Å². The number of benzene rings is 2. The topological polar surface area (TPSA) is 114 Å². The maximum atomic E-state index is 12.3. The highest BCUT2D eigenvalue weighted by atomic mass is 35.5. The smallest absolute Gasteiger partial charge is 0.270 e. The average Bonchev–Trinajstić information content (AvgIpc) is 3.03. The molecular formula is C18H13ClN4O4S. The Morgan fingerprint density at radius 2 is 2.00 bits per heavy atom. The molecule has 2 amide bonds. The van der Waals surface area contributed by atoms with Gasteiger partial charge in [-0.25, -0.2) is 5.43 Å². The quantitative estimate of drug-likeness (QED) is 0.364. The number of non-ortho nitro benzene ring substituents is 1. The van der Waals surface area contributed by atoms with E-state index in [1.54, 1.807) is 6.07 Å². The molecule has 0 saturated heterocycles. The van der Waals surface area contributed by atoms with E-state index in [2.05, 4.69) is 15.8 Å². The van der Waals surface area contributed by atoms with Gasteiger partial charge in [0.2, 0.25) is 0 Å². The van der Waals surface area contributed by atoms with Crippen LogP contribution in [0.4, 0.5) is 5.69 Å². The largest absolute Gasteiger partial charge is 0.342 e. The maximum Gasteiger partial charge on any atom is 0.270 e. The van der Waals surface area contributed by atoms with E-state index in [1.807, 2.05) is 24.3 Å². The number of nitrogens with one attached hydrogen (secondary N) is 2. The number of hydrogen-bond acceptors (Lipinski definition) is 6. The molecular weight excluding hydrogens is 404 g/mol. The molecule has 2 N–H and O–H groups in total. The summed E-state index contributed by atoms with van der Waals surface area (Å²) in [5, 5.41) is 18.1. The van der Waals surface area contributed by atoms with Gasteiger partial charge in [-0.15, -0.1) is 11.3 Å². The monoisotopic (exact) mass is 416 g/mol. The Morgan fingerprint density at radius 1 is 1.21 bits per heavy atom. The molecule has 0 bridgehead atoms. The van der Waals surface area contributed by atoms with Crippen molar-refractivity contribution in [2.75, 3.05) is 6.54 Å². The average molecular weight is 417 g/mol. The van der Waals surface area contributed by atoms with Crippen molar-refractivity contribution >= 4 is 56.7 Å². The number of carbonyl (C=O) groups excluding carboxylic acids is 2. The summed E-state index contributed by atoms with van der Waals surface area (Å²) in [6, 6.07) is 13.1. The number of amides is 2. The summed E-state index contributed by atoms with van der Waals surface area (Å²) in [7, 11) is 0. The van der Waals surface area contributed by atoms with Crippen LogP contribution in [0.1, 0.15) is 15.2 Å². The Hall–Kier alpha value is -3.30. The van der Waals surface area contributed by atoms with Crippen LogP contribution in [0.3, 0.4) is 0 Å². The zero-order valence-corrected chi connectivity index (χ0v) is 15.8. The van der Waals surface area contributed by atoms with Crippen molar-refractivity contribution in [1.82, 2.24) is 10.7 Å². The van der Waals surface area contributed by atoms with Crippen LogP contribution in [-0.4, -0.2) is 29.5 Å². The first-order valence-corrected chi connectivity index (χ1v) is 9.17. The number of rotatable bonds is 6. The van der Waals surface area contributed by atoms with Crippen LogP contribution in [0, 0.1) is 10.1 Å².